The Hall–Kier alpha value is -1.65. The van der Waals surface area contributed by atoms with E-state index in [0.29, 0.717) is 0 Å². The van der Waals surface area contributed by atoms with Gasteiger partial charge in [-0.3, -0.25) is 0 Å². The highest BCUT2D eigenvalue weighted by molar-refractivity contribution is 7.13. The minimum Gasteiger partial charge on any atom is -0.464 e. The predicted octanol–water partition coefficient (Wildman–Crippen LogP) is 4.23. The van der Waals surface area contributed by atoms with Gasteiger partial charge in [-0.25, -0.2) is 4.98 Å². The third-order valence-electron chi connectivity index (χ3n) is 3.19. The fraction of sp³-hybridized carbons (Fsp3) is 0.267. The van der Waals surface area contributed by atoms with E-state index in [1.165, 1.54) is 0 Å². The molecule has 0 amide bonds. The van der Waals surface area contributed by atoms with Crippen molar-refractivity contribution in [1.29, 1.82) is 0 Å². The largest absolute Gasteiger partial charge is 0.464 e. The quantitative estimate of drug-likeness (QED) is 0.772. The van der Waals surface area contributed by atoms with Crippen LogP contribution in [0.4, 0.5) is 0 Å². The summed E-state index contributed by atoms with van der Waals surface area (Å²) in [5.74, 6) is 0. The Morgan fingerprint density at radius 2 is 2.21 bits per heavy atom. The van der Waals surface area contributed by atoms with Gasteiger partial charge in [-0.2, -0.15) is 0 Å². The molecule has 0 radical (unpaired) electrons. The molecule has 19 heavy (non-hydrogen) atoms. The molecular formula is C15H16N2OS. The highest BCUT2D eigenvalue weighted by Gasteiger charge is 2.13. The Morgan fingerprint density at radius 3 is 3.05 bits per heavy atom. The van der Waals surface area contributed by atoms with Crippen LogP contribution in [0.3, 0.4) is 0 Å². The van der Waals surface area contributed by atoms with Crippen LogP contribution in [0.1, 0.15) is 25.6 Å². The van der Waals surface area contributed by atoms with Crippen molar-refractivity contribution in [3.05, 3.63) is 41.6 Å². The van der Waals surface area contributed by atoms with E-state index in [2.05, 4.69) is 30.6 Å². The molecular weight excluding hydrogens is 256 g/mol. The molecule has 0 aliphatic rings. The van der Waals surface area contributed by atoms with Crippen LogP contribution in [0.2, 0.25) is 0 Å². The lowest BCUT2D eigenvalue weighted by molar-refractivity contribution is 0.586. The average molecular weight is 272 g/mol. The second kappa shape index (κ2) is 5.15. The van der Waals surface area contributed by atoms with E-state index in [9.17, 15) is 0 Å². The molecule has 4 heteroatoms. The number of benzene rings is 1. The highest BCUT2D eigenvalue weighted by atomic mass is 32.1. The molecule has 0 fully saturated rings. The van der Waals surface area contributed by atoms with Gasteiger partial charge in [0.25, 0.3) is 0 Å². The molecule has 98 valence electrons. The second-order valence-electron chi connectivity index (χ2n) is 4.50. The summed E-state index contributed by atoms with van der Waals surface area (Å²) < 4.78 is 5.57. The Bertz CT molecular complexity index is 686. The first-order chi connectivity index (χ1) is 9.29. The molecule has 0 aliphatic carbocycles. The summed E-state index contributed by atoms with van der Waals surface area (Å²) in [5.41, 5.74) is 3.08. The van der Waals surface area contributed by atoms with Crippen molar-refractivity contribution in [1.82, 2.24) is 10.3 Å². The Balaban J connectivity index is 1.98. The number of para-hydroxylation sites is 1. The third kappa shape index (κ3) is 2.29. The summed E-state index contributed by atoms with van der Waals surface area (Å²) >= 11 is 1.67. The molecule has 0 saturated heterocycles. The molecule has 3 rings (SSSR count). The molecule has 1 atom stereocenters. The number of hydrogen-bond donors (Lipinski definition) is 1. The van der Waals surface area contributed by atoms with Crippen molar-refractivity contribution < 1.29 is 4.42 Å². The lowest BCUT2D eigenvalue weighted by Crippen LogP contribution is -2.17. The Morgan fingerprint density at radius 1 is 1.37 bits per heavy atom. The molecule has 3 aromatic rings. The molecule has 0 bridgehead atoms. The zero-order valence-corrected chi connectivity index (χ0v) is 11.8. The van der Waals surface area contributed by atoms with Crippen LogP contribution < -0.4 is 5.32 Å². The number of nitrogens with zero attached hydrogens (tertiary/aromatic N) is 1. The lowest BCUT2D eigenvalue weighted by atomic mass is 10.2. The zero-order chi connectivity index (χ0) is 13.2. The van der Waals surface area contributed by atoms with Crippen LogP contribution in [0.15, 0.2) is 40.3 Å². The summed E-state index contributed by atoms with van der Waals surface area (Å²) in [6.45, 7) is 5.19. The van der Waals surface area contributed by atoms with Gasteiger partial charge < -0.3 is 9.73 Å². The topological polar surface area (TPSA) is 38.1 Å². The molecule has 0 aliphatic heterocycles. The summed E-state index contributed by atoms with van der Waals surface area (Å²) in [6.07, 6.45) is 1.80. The first-order valence-corrected chi connectivity index (χ1v) is 7.33. The number of thiazole rings is 1. The van der Waals surface area contributed by atoms with Crippen molar-refractivity contribution in [2.45, 2.75) is 19.9 Å². The van der Waals surface area contributed by atoms with Crippen molar-refractivity contribution >= 4 is 22.3 Å². The van der Waals surface area contributed by atoms with Gasteiger partial charge in [-0.1, -0.05) is 25.1 Å². The number of nitrogens with one attached hydrogen (secondary N) is 1. The van der Waals surface area contributed by atoms with Crippen molar-refractivity contribution in [3.8, 4) is 10.6 Å². The number of fused-ring (bicyclic) bond motifs is 1. The van der Waals surface area contributed by atoms with Gasteiger partial charge >= 0.3 is 0 Å². The SMILES string of the molecule is CCNC(C)c1csc(-c2coc3ccccc23)n1. The number of hydrogen-bond acceptors (Lipinski definition) is 4. The molecule has 2 heterocycles. The van der Waals surface area contributed by atoms with Gasteiger partial charge in [0.1, 0.15) is 16.9 Å². The lowest BCUT2D eigenvalue weighted by Gasteiger charge is -2.07. The molecule has 1 unspecified atom stereocenters. The summed E-state index contributed by atoms with van der Waals surface area (Å²) in [5, 5.41) is 7.64. The van der Waals surface area contributed by atoms with Gasteiger partial charge in [0.05, 0.1) is 11.3 Å². The second-order valence-corrected chi connectivity index (χ2v) is 5.36. The standard InChI is InChI=1S/C15H16N2OS/c1-3-16-10(2)13-9-19-15(17-13)12-8-18-14-7-5-4-6-11(12)14/h4-10,16H,3H2,1-2H3. The van der Waals surface area contributed by atoms with Gasteiger partial charge in [-0.15, -0.1) is 11.3 Å². The fourth-order valence-corrected chi connectivity index (χ4v) is 3.10. The van der Waals surface area contributed by atoms with E-state index in [-0.39, 0.29) is 6.04 Å². The summed E-state index contributed by atoms with van der Waals surface area (Å²) in [4.78, 5) is 4.72. The Labute approximate surface area is 116 Å². The molecule has 0 saturated carbocycles. The summed E-state index contributed by atoms with van der Waals surface area (Å²) in [7, 11) is 0. The highest BCUT2D eigenvalue weighted by Crippen LogP contribution is 2.33. The van der Waals surface area contributed by atoms with Crippen LogP contribution in [0.25, 0.3) is 21.5 Å². The maximum Gasteiger partial charge on any atom is 0.134 e. The van der Waals surface area contributed by atoms with E-state index in [0.717, 1.165) is 33.8 Å². The van der Waals surface area contributed by atoms with Crippen molar-refractivity contribution in [2.24, 2.45) is 0 Å². The van der Waals surface area contributed by atoms with Gasteiger partial charge in [0.2, 0.25) is 0 Å². The zero-order valence-electron chi connectivity index (χ0n) is 11.0. The van der Waals surface area contributed by atoms with Crippen LogP contribution in [-0.4, -0.2) is 11.5 Å². The first kappa shape index (κ1) is 12.4. The maximum atomic E-state index is 5.57. The molecule has 2 aromatic heterocycles. The van der Waals surface area contributed by atoms with Crippen molar-refractivity contribution in [3.63, 3.8) is 0 Å². The minimum absolute atomic E-state index is 0.285. The van der Waals surface area contributed by atoms with E-state index in [4.69, 9.17) is 9.40 Å². The van der Waals surface area contributed by atoms with E-state index in [1.54, 1.807) is 17.6 Å². The summed E-state index contributed by atoms with van der Waals surface area (Å²) in [6, 6.07) is 8.35. The van der Waals surface area contributed by atoms with Crippen LogP contribution >= 0.6 is 11.3 Å². The first-order valence-electron chi connectivity index (χ1n) is 6.45. The van der Waals surface area contributed by atoms with Crippen LogP contribution in [-0.2, 0) is 0 Å². The number of furan rings is 1. The predicted molar refractivity (Wildman–Crippen MR) is 79.4 cm³/mol. The minimum atomic E-state index is 0.285. The fourth-order valence-electron chi connectivity index (χ4n) is 2.16. The van der Waals surface area contributed by atoms with Gasteiger partial charge in [0, 0.05) is 16.8 Å². The molecule has 1 N–H and O–H groups in total. The van der Waals surface area contributed by atoms with Gasteiger partial charge in [-0.05, 0) is 19.5 Å². The van der Waals surface area contributed by atoms with Crippen LogP contribution in [0.5, 0.6) is 0 Å². The average Bonchev–Trinajstić information content (AvgIpc) is 3.05. The van der Waals surface area contributed by atoms with E-state index >= 15 is 0 Å². The van der Waals surface area contributed by atoms with E-state index in [1.807, 2.05) is 18.2 Å². The monoisotopic (exact) mass is 272 g/mol. The van der Waals surface area contributed by atoms with Crippen molar-refractivity contribution in [2.75, 3.05) is 6.54 Å². The molecule has 3 nitrogen and oxygen atoms in total. The van der Waals surface area contributed by atoms with E-state index < -0.39 is 0 Å². The maximum absolute atomic E-state index is 5.57. The molecule has 1 aromatic carbocycles. The number of rotatable bonds is 4. The third-order valence-corrected chi connectivity index (χ3v) is 4.08. The Kier molecular flexibility index (Phi) is 3.36. The molecule has 0 spiro atoms. The smallest absolute Gasteiger partial charge is 0.134 e. The normalized spacial score (nSPS) is 12.9. The van der Waals surface area contributed by atoms with Gasteiger partial charge in [0.15, 0.2) is 0 Å². The van der Waals surface area contributed by atoms with Crippen LogP contribution in [0, 0.1) is 0 Å². The number of aromatic nitrogens is 1.